The van der Waals surface area contributed by atoms with Crippen LogP contribution in [0, 0.1) is 6.92 Å². The van der Waals surface area contributed by atoms with Gasteiger partial charge in [0.05, 0.1) is 12.2 Å². The van der Waals surface area contributed by atoms with Gasteiger partial charge in [0.15, 0.2) is 0 Å². The smallest absolute Gasteiger partial charge is 0.226 e. The lowest BCUT2D eigenvalue weighted by atomic mass is 10.1. The van der Waals surface area contributed by atoms with Crippen LogP contribution >= 0.6 is 0 Å². The number of rotatable bonds is 8. The number of oxazole rings is 1. The van der Waals surface area contributed by atoms with Gasteiger partial charge in [0.2, 0.25) is 5.89 Å². The van der Waals surface area contributed by atoms with Crippen LogP contribution in [0.4, 0.5) is 0 Å². The monoisotopic (exact) mass is 348 g/mol. The van der Waals surface area contributed by atoms with Gasteiger partial charge in [0.1, 0.15) is 5.76 Å². The van der Waals surface area contributed by atoms with Gasteiger partial charge in [-0.15, -0.1) is 0 Å². The van der Waals surface area contributed by atoms with Crippen LogP contribution in [0.15, 0.2) is 57.5 Å². The van der Waals surface area contributed by atoms with E-state index in [1.54, 1.807) is 0 Å². The van der Waals surface area contributed by atoms with Gasteiger partial charge >= 0.3 is 0 Å². The fraction of sp³-hybridized carbons (Fsp3) is 0.391. The first-order chi connectivity index (χ1) is 12.7. The Morgan fingerprint density at radius 3 is 2.73 bits per heavy atom. The Hall–Kier alpha value is -2.42. The predicted octanol–water partition coefficient (Wildman–Crippen LogP) is 5.88. The SMILES string of the molecule is CCc1ccc(-c2nc(CCCC(C)=NCC3=CC=CC3)c(C)o2)cc1. The molecule has 136 valence electrons. The summed E-state index contributed by atoms with van der Waals surface area (Å²) in [5.41, 5.74) is 6.06. The van der Waals surface area contributed by atoms with Gasteiger partial charge in [0.25, 0.3) is 0 Å². The van der Waals surface area contributed by atoms with E-state index in [9.17, 15) is 0 Å². The third kappa shape index (κ3) is 4.81. The predicted molar refractivity (Wildman–Crippen MR) is 109 cm³/mol. The van der Waals surface area contributed by atoms with Gasteiger partial charge in [-0.3, -0.25) is 4.99 Å². The lowest BCUT2D eigenvalue weighted by molar-refractivity contribution is 0.538. The average molecular weight is 348 g/mol. The van der Waals surface area contributed by atoms with Crippen molar-refractivity contribution in [2.24, 2.45) is 4.99 Å². The first kappa shape index (κ1) is 18.4. The molecule has 1 aromatic heterocycles. The summed E-state index contributed by atoms with van der Waals surface area (Å²) >= 11 is 0. The molecule has 1 heterocycles. The molecule has 1 aliphatic carbocycles. The molecule has 2 aromatic rings. The van der Waals surface area contributed by atoms with E-state index in [2.05, 4.69) is 56.3 Å². The molecule has 0 fully saturated rings. The van der Waals surface area contributed by atoms with Crippen LogP contribution in [-0.4, -0.2) is 17.2 Å². The molecule has 26 heavy (non-hydrogen) atoms. The van der Waals surface area contributed by atoms with Crippen LogP contribution in [0.2, 0.25) is 0 Å². The zero-order valence-electron chi connectivity index (χ0n) is 16.1. The van der Waals surface area contributed by atoms with E-state index in [0.29, 0.717) is 0 Å². The number of aliphatic imine (C=N–C) groups is 1. The van der Waals surface area contributed by atoms with Crippen molar-refractivity contribution in [3.63, 3.8) is 0 Å². The highest BCUT2D eigenvalue weighted by Crippen LogP contribution is 2.23. The Balaban J connectivity index is 1.53. The zero-order chi connectivity index (χ0) is 18.4. The van der Waals surface area contributed by atoms with Gasteiger partial charge in [-0.25, -0.2) is 4.98 Å². The standard InChI is InChI=1S/C23H28N2O/c1-4-19-12-14-21(15-13-19)23-25-22(18(3)26-23)11-7-8-17(2)24-16-20-9-5-6-10-20/h5-6,9,12-15H,4,7-8,10-11,16H2,1-3H3. The molecule has 0 N–H and O–H groups in total. The molecule has 0 aliphatic heterocycles. The lowest BCUT2D eigenvalue weighted by Gasteiger charge is -2.02. The summed E-state index contributed by atoms with van der Waals surface area (Å²) < 4.78 is 5.89. The molecular formula is C23H28N2O. The van der Waals surface area contributed by atoms with Gasteiger partial charge in [0, 0.05) is 11.3 Å². The number of nitrogens with zero attached hydrogens (tertiary/aromatic N) is 2. The minimum Gasteiger partial charge on any atom is -0.441 e. The third-order valence-electron chi connectivity index (χ3n) is 4.85. The topological polar surface area (TPSA) is 38.4 Å². The maximum Gasteiger partial charge on any atom is 0.226 e. The van der Waals surface area contributed by atoms with E-state index in [-0.39, 0.29) is 0 Å². The lowest BCUT2D eigenvalue weighted by Crippen LogP contribution is -1.98. The van der Waals surface area contributed by atoms with Gasteiger partial charge in [-0.1, -0.05) is 37.3 Å². The Morgan fingerprint density at radius 2 is 2.04 bits per heavy atom. The van der Waals surface area contributed by atoms with E-state index in [1.165, 1.54) is 16.8 Å². The molecule has 0 radical (unpaired) electrons. The van der Waals surface area contributed by atoms with E-state index in [4.69, 9.17) is 14.4 Å². The van der Waals surface area contributed by atoms with Crippen LogP contribution in [0.25, 0.3) is 11.5 Å². The summed E-state index contributed by atoms with van der Waals surface area (Å²) in [4.78, 5) is 9.41. The number of aromatic nitrogens is 1. The van der Waals surface area contributed by atoms with Gasteiger partial charge < -0.3 is 4.42 Å². The maximum absolute atomic E-state index is 5.89. The molecule has 3 nitrogen and oxygen atoms in total. The quantitative estimate of drug-likeness (QED) is 0.559. The second-order valence-corrected chi connectivity index (χ2v) is 6.93. The van der Waals surface area contributed by atoms with Crippen LogP contribution in [-0.2, 0) is 12.8 Å². The molecule has 0 saturated carbocycles. The first-order valence-electron chi connectivity index (χ1n) is 9.56. The molecule has 1 aliphatic rings. The number of allylic oxidation sites excluding steroid dienone is 3. The normalized spacial score (nSPS) is 14.1. The van der Waals surface area contributed by atoms with Crippen molar-refractivity contribution in [2.75, 3.05) is 6.54 Å². The van der Waals surface area contributed by atoms with Crippen molar-refractivity contribution in [1.82, 2.24) is 4.98 Å². The van der Waals surface area contributed by atoms with Crippen LogP contribution in [0.1, 0.15) is 50.1 Å². The Bertz CT molecular complexity index is 822. The second-order valence-electron chi connectivity index (χ2n) is 6.93. The summed E-state index contributed by atoms with van der Waals surface area (Å²) in [6.45, 7) is 7.13. The Kier molecular flexibility index (Phi) is 6.21. The summed E-state index contributed by atoms with van der Waals surface area (Å²) in [7, 11) is 0. The number of hydrogen-bond donors (Lipinski definition) is 0. The van der Waals surface area contributed by atoms with Crippen LogP contribution in [0.3, 0.4) is 0 Å². The average Bonchev–Trinajstić information content (AvgIpc) is 3.30. The van der Waals surface area contributed by atoms with E-state index >= 15 is 0 Å². The fourth-order valence-corrected chi connectivity index (χ4v) is 3.10. The molecule has 0 spiro atoms. The molecule has 3 heteroatoms. The molecule has 0 saturated heterocycles. The highest BCUT2D eigenvalue weighted by Gasteiger charge is 2.11. The van der Waals surface area contributed by atoms with Crippen molar-refractivity contribution in [1.29, 1.82) is 0 Å². The third-order valence-corrected chi connectivity index (χ3v) is 4.85. The summed E-state index contributed by atoms with van der Waals surface area (Å²) in [6, 6.07) is 8.47. The molecule has 0 atom stereocenters. The van der Waals surface area contributed by atoms with Crippen molar-refractivity contribution < 1.29 is 4.42 Å². The molecular weight excluding hydrogens is 320 g/mol. The fourth-order valence-electron chi connectivity index (χ4n) is 3.10. The largest absolute Gasteiger partial charge is 0.441 e. The van der Waals surface area contributed by atoms with Crippen molar-refractivity contribution in [3.05, 3.63) is 65.1 Å². The number of aryl methyl sites for hydroxylation is 3. The molecule has 0 bridgehead atoms. The molecule has 3 rings (SSSR count). The Labute approximate surface area is 156 Å². The van der Waals surface area contributed by atoms with Crippen molar-refractivity contribution >= 4 is 5.71 Å². The highest BCUT2D eigenvalue weighted by atomic mass is 16.4. The summed E-state index contributed by atoms with van der Waals surface area (Å²) in [6.07, 6.45) is 11.6. The van der Waals surface area contributed by atoms with Crippen LogP contribution in [0.5, 0.6) is 0 Å². The van der Waals surface area contributed by atoms with Crippen LogP contribution < -0.4 is 0 Å². The number of hydrogen-bond acceptors (Lipinski definition) is 3. The Morgan fingerprint density at radius 1 is 1.23 bits per heavy atom. The van der Waals surface area contributed by atoms with E-state index in [1.807, 2.05) is 6.92 Å². The maximum atomic E-state index is 5.89. The van der Waals surface area contributed by atoms with Gasteiger partial charge in [-0.2, -0.15) is 0 Å². The minimum absolute atomic E-state index is 0.728. The summed E-state index contributed by atoms with van der Waals surface area (Å²) in [5, 5.41) is 0. The summed E-state index contributed by atoms with van der Waals surface area (Å²) in [5.74, 6) is 1.66. The minimum atomic E-state index is 0.728. The number of benzene rings is 1. The molecule has 1 aromatic carbocycles. The van der Waals surface area contributed by atoms with E-state index in [0.717, 1.165) is 61.6 Å². The van der Waals surface area contributed by atoms with Gasteiger partial charge in [-0.05, 0) is 69.2 Å². The van der Waals surface area contributed by atoms with Crippen molar-refractivity contribution in [2.45, 2.75) is 52.9 Å². The first-order valence-corrected chi connectivity index (χ1v) is 9.56. The second kappa shape index (κ2) is 8.79. The molecule has 0 unspecified atom stereocenters. The van der Waals surface area contributed by atoms with E-state index < -0.39 is 0 Å². The zero-order valence-corrected chi connectivity index (χ0v) is 16.1. The van der Waals surface area contributed by atoms with Crippen molar-refractivity contribution in [3.8, 4) is 11.5 Å². The molecule has 0 amide bonds. The highest BCUT2D eigenvalue weighted by molar-refractivity contribution is 5.82.